The van der Waals surface area contributed by atoms with E-state index in [2.05, 4.69) is 32.8 Å². The van der Waals surface area contributed by atoms with Gasteiger partial charge in [0.15, 0.2) is 0 Å². The van der Waals surface area contributed by atoms with Crippen molar-refractivity contribution < 1.29 is 4.74 Å². The molecule has 0 radical (unpaired) electrons. The monoisotopic (exact) mass is 201 g/mol. The van der Waals surface area contributed by atoms with Crippen LogP contribution in [0.3, 0.4) is 0 Å². The van der Waals surface area contributed by atoms with Crippen LogP contribution in [0.2, 0.25) is 0 Å². The van der Waals surface area contributed by atoms with Crippen molar-refractivity contribution in [3.63, 3.8) is 0 Å². The molecule has 0 N–H and O–H groups in total. The van der Waals surface area contributed by atoms with E-state index >= 15 is 0 Å². The van der Waals surface area contributed by atoms with E-state index in [9.17, 15) is 0 Å². The minimum absolute atomic E-state index is 0.775. The third kappa shape index (κ3) is 8.52. The van der Waals surface area contributed by atoms with Crippen LogP contribution >= 0.6 is 0 Å². The minimum Gasteiger partial charge on any atom is -0.380 e. The second kappa shape index (κ2) is 9.47. The molecule has 0 aliphatic rings. The predicted octanol–water partition coefficient (Wildman–Crippen LogP) is 2.78. The second-order valence-corrected chi connectivity index (χ2v) is 4.29. The molecule has 0 rings (SSSR count). The lowest BCUT2D eigenvalue weighted by atomic mass is 10.0. The van der Waals surface area contributed by atoms with E-state index in [1.165, 1.54) is 25.7 Å². The smallest absolute Gasteiger partial charge is 0.0593 e. The number of likely N-dealkylation sites (N-methyl/N-ethyl adjacent to an activating group) is 1. The predicted molar refractivity (Wildman–Crippen MR) is 62.7 cm³/mol. The molecule has 0 heterocycles. The molecule has 0 unspecified atom stereocenters. The van der Waals surface area contributed by atoms with Crippen LogP contribution in [0.4, 0.5) is 0 Å². The van der Waals surface area contributed by atoms with E-state index in [0.29, 0.717) is 0 Å². The van der Waals surface area contributed by atoms with Gasteiger partial charge in [0.1, 0.15) is 0 Å². The Hall–Kier alpha value is -0.0800. The van der Waals surface area contributed by atoms with Crippen molar-refractivity contribution in [2.75, 3.05) is 33.9 Å². The van der Waals surface area contributed by atoms with Gasteiger partial charge in [0.05, 0.1) is 6.61 Å². The van der Waals surface area contributed by atoms with Crippen molar-refractivity contribution in [3.8, 4) is 0 Å². The second-order valence-electron chi connectivity index (χ2n) is 4.29. The van der Waals surface area contributed by atoms with Crippen molar-refractivity contribution >= 4 is 0 Å². The van der Waals surface area contributed by atoms with Crippen molar-refractivity contribution in [1.82, 2.24) is 4.90 Å². The summed E-state index contributed by atoms with van der Waals surface area (Å²) in [6.45, 7) is 7.36. The Kier molecular flexibility index (Phi) is 9.42. The molecule has 0 bridgehead atoms. The van der Waals surface area contributed by atoms with Crippen LogP contribution in [0.15, 0.2) is 0 Å². The Morgan fingerprint density at radius 3 is 2.43 bits per heavy atom. The molecule has 0 aromatic heterocycles. The molecule has 0 saturated heterocycles. The lowest BCUT2D eigenvalue weighted by Gasteiger charge is -2.16. The SMILES string of the molecule is CCCC[C@H](CC)COCCN(C)C. The fraction of sp³-hybridized carbons (Fsp3) is 1.00. The number of hydrogen-bond acceptors (Lipinski definition) is 2. The Balaban J connectivity index is 3.33. The molecule has 2 nitrogen and oxygen atoms in total. The summed E-state index contributed by atoms with van der Waals surface area (Å²) in [4.78, 5) is 2.16. The first kappa shape index (κ1) is 13.9. The molecule has 0 saturated carbocycles. The Morgan fingerprint density at radius 1 is 1.21 bits per heavy atom. The zero-order valence-electron chi connectivity index (χ0n) is 10.4. The lowest BCUT2D eigenvalue weighted by molar-refractivity contribution is 0.0826. The molecule has 0 amide bonds. The maximum absolute atomic E-state index is 5.65. The standard InChI is InChI=1S/C12H27NO/c1-5-7-8-12(6-2)11-14-10-9-13(3)4/h12H,5-11H2,1-4H3/t12-/m0/s1. The average Bonchev–Trinajstić information content (AvgIpc) is 2.16. The summed E-state index contributed by atoms with van der Waals surface area (Å²) in [5.74, 6) is 0.775. The van der Waals surface area contributed by atoms with E-state index in [-0.39, 0.29) is 0 Å². The van der Waals surface area contributed by atoms with Crippen LogP contribution < -0.4 is 0 Å². The summed E-state index contributed by atoms with van der Waals surface area (Å²) in [5.41, 5.74) is 0. The molecular formula is C12H27NO. The topological polar surface area (TPSA) is 12.5 Å². The summed E-state index contributed by atoms with van der Waals surface area (Å²) in [6, 6.07) is 0. The Labute approximate surface area is 89.6 Å². The fourth-order valence-electron chi connectivity index (χ4n) is 1.40. The van der Waals surface area contributed by atoms with E-state index in [4.69, 9.17) is 4.74 Å². The first-order chi connectivity index (χ1) is 6.70. The number of unbranched alkanes of at least 4 members (excludes halogenated alkanes) is 1. The maximum Gasteiger partial charge on any atom is 0.0593 e. The highest BCUT2D eigenvalue weighted by atomic mass is 16.5. The van der Waals surface area contributed by atoms with Crippen LogP contribution in [-0.2, 0) is 4.74 Å². The van der Waals surface area contributed by atoms with Crippen molar-refractivity contribution in [1.29, 1.82) is 0 Å². The summed E-state index contributed by atoms with van der Waals surface area (Å²) < 4.78 is 5.65. The minimum atomic E-state index is 0.775. The van der Waals surface area contributed by atoms with Gasteiger partial charge in [-0.05, 0) is 26.4 Å². The van der Waals surface area contributed by atoms with Crippen molar-refractivity contribution in [2.24, 2.45) is 5.92 Å². The van der Waals surface area contributed by atoms with Gasteiger partial charge in [0.2, 0.25) is 0 Å². The molecule has 14 heavy (non-hydrogen) atoms. The van der Waals surface area contributed by atoms with Gasteiger partial charge in [-0.3, -0.25) is 0 Å². The van der Waals surface area contributed by atoms with Gasteiger partial charge in [-0.2, -0.15) is 0 Å². The zero-order chi connectivity index (χ0) is 10.8. The van der Waals surface area contributed by atoms with Gasteiger partial charge in [0, 0.05) is 13.2 Å². The normalized spacial score (nSPS) is 13.5. The molecular weight excluding hydrogens is 174 g/mol. The Morgan fingerprint density at radius 2 is 1.93 bits per heavy atom. The number of ether oxygens (including phenoxy) is 1. The summed E-state index contributed by atoms with van der Waals surface area (Å²) >= 11 is 0. The van der Waals surface area contributed by atoms with Crippen LogP contribution in [0, 0.1) is 5.92 Å². The van der Waals surface area contributed by atoms with Gasteiger partial charge < -0.3 is 9.64 Å². The van der Waals surface area contributed by atoms with Crippen molar-refractivity contribution in [2.45, 2.75) is 39.5 Å². The highest BCUT2D eigenvalue weighted by Gasteiger charge is 2.05. The molecule has 0 aromatic rings. The van der Waals surface area contributed by atoms with Crippen LogP contribution in [0.25, 0.3) is 0 Å². The van der Waals surface area contributed by atoms with E-state index in [1.54, 1.807) is 0 Å². The fourth-order valence-corrected chi connectivity index (χ4v) is 1.40. The van der Waals surface area contributed by atoms with Gasteiger partial charge in [-0.25, -0.2) is 0 Å². The molecule has 86 valence electrons. The summed E-state index contributed by atoms with van der Waals surface area (Å²) in [7, 11) is 4.16. The van der Waals surface area contributed by atoms with Gasteiger partial charge in [0.25, 0.3) is 0 Å². The first-order valence-corrected chi connectivity index (χ1v) is 5.93. The lowest BCUT2D eigenvalue weighted by Crippen LogP contribution is -2.20. The first-order valence-electron chi connectivity index (χ1n) is 5.93. The number of rotatable bonds is 9. The molecule has 1 atom stereocenters. The van der Waals surface area contributed by atoms with E-state index in [1.807, 2.05) is 0 Å². The third-order valence-corrected chi connectivity index (χ3v) is 2.58. The van der Waals surface area contributed by atoms with E-state index < -0.39 is 0 Å². The van der Waals surface area contributed by atoms with Crippen LogP contribution in [0.5, 0.6) is 0 Å². The molecule has 0 spiro atoms. The van der Waals surface area contributed by atoms with Gasteiger partial charge >= 0.3 is 0 Å². The van der Waals surface area contributed by atoms with Crippen LogP contribution in [0.1, 0.15) is 39.5 Å². The third-order valence-electron chi connectivity index (χ3n) is 2.58. The molecule has 0 fully saturated rings. The number of nitrogens with zero attached hydrogens (tertiary/aromatic N) is 1. The highest BCUT2D eigenvalue weighted by Crippen LogP contribution is 2.12. The summed E-state index contributed by atoms with van der Waals surface area (Å²) in [6.07, 6.45) is 5.22. The molecule has 0 aliphatic heterocycles. The molecule has 0 aliphatic carbocycles. The van der Waals surface area contributed by atoms with E-state index in [0.717, 1.165) is 25.7 Å². The van der Waals surface area contributed by atoms with Gasteiger partial charge in [-0.1, -0.05) is 33.1 Å². The maximum atomic E-state index is 5.65. The quantitative estimate of drug-likeness (QED) is 0.532. The van der Waals surface area contributed by atoms with Crippen molar-refractivity contribution in [3.05, 3.63) is 0 Å². The number of hydrogen-bond donors (Lipinski definition) is 0. The summed E-state index contributed by atoms with van der Waals surface area (Å²) in [5, 5.41) is 0. The molecule has 2 heteroatoms. The largest absolute Gasteiger partial charge is 0.380 e. The van der Waals surface area contributed by atoms with Crippen LogP contribution in [-0.4, -0.2) is 38.8 Å². The molecule has 0 aromatic carbocycles. The Bertz CT molecular complexity index is 115. The average molecular weight is 201 g/mol. The highest BCUT2D eigenvalue weighted by molar-refractivity contribution is 4.56. The zero-order valence-corrected chi connectivity index (χ0v) is 10.4. The van der Waals surface area contributed by atoms with Gasteiger partial charge in [-0.15, -0.1) is 0 Å².